The van der Waals surface area contributed by atoms with Crippen molar-refractivity contribution in [2.45, 2.75) is 80.8 Å². The first-order chi connectivity index (χ1) is 19.6. The maximum absolute atomic E-state index is 12.3. The number of aliphatic hydroxyl groups excluding tert-OH is 2. The fourth-order valence-electron chi connectivity index (χ4n) is 4.71. The molecule has 7 atom stereocenters. The van der Waals surface area contributed by atoms with Gasteiger partial charge in [-0.15, -0.1) is 0 Å². The Hall–Kier alpha value is -1.82. The second-order valence-corrected chi connectivity index (χ2v) is 15.9. The SMILES string of the molecule is C[S+](CC[C@H](N)C(=O)OCOC(=O)CCCC[C@]1(C)CCSS1)C[C@H]1O[C@@H](n2cnc3c(N)ncnc32)[C@H](O)[C@@H]1O. The van der Waals surface area contributed by atoms with Crippen LogP contribution in [0.4, 0.5) is 5.82 Å². The lowest BCUT2D eigenvalue weighted by Crippen LogP contribution is -2.38. The first-order valence-electron chi connectivity index (χ1n) is 13.5. The maximum Gasteiger partial charge on any atom is 0.325 e. The van der Waals surface area contributed by atoms with Crippen LogP contribution >= 0.6 is 21.6 Å². The van der Waals surface area contributed by atoms with Crippen molar-refractivity contribution in [2.75, 3.05) is 36.0 Å². The Balaban J connectivity index is 1.12. The van der Waals surface area contributed by atoms with Gasteiger partial charge in [-0.2, -0.15) is 0 Å². The summed E-state index contributed by atoms with van der Waals surface area (Å²) in [7, 11) is 3.55. The number of nitrogen functional groups attached to an aromatic ring is 1. The molecule has 228 valence electrons. The molecule has 0 bridgehead atoms. The lowest BCUT2D eigenvalue weighted by atomic mass is 9.99. The Kier molecular flexibility index (Phi) is 11.4. The third-order valence-electron chi connectivity index (χ3n) is 7.26. The van der Waals surface area contributed by atoms with E-state index in [2.05, 4.69) is 21.9 Å². The number of imidazole rings is 1. The number of anilines is 1. The molecule has 2 aromatic rings. The van der Waals surface area contributed by atoms with E-state index in [0.29, 0.717) is 40.3 Å². The molecule has 0 aliphatic carbocycles. The Morgan fingerprint density at radius 2 is 2.07 bits per heavy atom. The van der Waals surface area contributed by atoms with Gasteiger partial charge < -0.3 is 35.9 Å². The molecule has 2 aromatic heterocycles. The molecule has 2 saturated heterocycles. The highest BCUT2D eigenvalue weighted by atomic mass is 33.1. The van der Waals surface area contributed by atoms with Gasteiger partial charge in [0.1, 0.15) is 47.7 Å². The highest BCUT2D eigenvalue weighted by molar-refractivity contribution is 8.77. The summed E-state index contributed by atoms with van der Waals surface area (Å²) in [6.07, 6.45) is 5.47. The number of nitrogens with two attached hydrogens (primary N) is 2. The van der Waals surface area contributed by atoms with E-state index < -0.39 is 49.3 Å². The molecule has 0 aromatic carbocycles. The van der Waals surface area contributed by atoms with Gasteiger partial charge in [0.15, 0.2) is 17.7 Å². The molecule has 2 aliphatic heterocycles. The van der Waals surface area contributed by atoms with Crippen molar-refractivity contribution in [3.05, 3.63) is 12.7 Å². The monoisotopic (exact) mass is 631 g/mol. The fraction of sp³-hybridized carbons (Fsp3) is 0.720. The summed E-state index contributed by atoms with van der Waals surface area (Å²) in [5.74, 6) is 1.39. The summed E-state index contributed by atoms with van der Waals surface area (Å²) in [6.45, 7) is 1.82. The van der Waals surface area contributed by atoms with Crippen LogP contribution in [0, 0.1) is 0 Å². The number of unbranched alkanes of at least 4 members (excludes halogenated alkanes) is 1. The van der Waals surface area contributed by atoms with Crippen molar-refractivity contribution >= 4 is 61.4 Å². The van der Waals surface area contributed by atoms with Gasteiger partial charge in [-0.1, -0.05) is 28.0 Å². The minimum atomic E-state index is -1.20. The fourth-order valence-corrected chi connectivity index (χ4v) is 9.67. The van der Waals surface area contributed by atoms with Gasteiger partial charge in [-0.05, 0) is 37.1 Å². The smallest absolute Gasteiger partial charge is 0.325 e. The zero-order valence-corrected chi connectivity index (χ0v) is 25.7. The highest BCUT2D eigenvalue weighted by Crippen LogP contribution is 2.49. The van der Waals surface area contributed by atoms with Crippen molar-refractivity contribution in [1.29, 1.82) is 0 Å². The predicted molar refractivity (Wildman–Crippen MR) is 160 cm³/mol. The van der Waals surface area contributed by atoms with Crippen LogP contribution in [-0.4, -0.2) is 101 Å². The van der Waals surface area contributed by atoms with Crippen LogP contribution in [0.2, 0.25) is 0 Å². The van der Waals surface area contributed by atoms with Crippen molar-refractivity contribution in [1.82, 2.24) is 19.5 Å². The molecule has 1 unspecified atom stereocenters. The van der Waals surface area contributed by atoms with E-state index in [1.165, 1.54) is 29.4 Å². The first kappa shape index (κ1) is 32.1. The summed E-state index contributed by atoms with van der Waals surface area (Å²) in [5.41, 5.74) is 12.6. The molecule has 0 spiro atoms. The number of rotatable bonds is 14. The third kappa shape index (κ3) is 8.39. The van der Waals surface area contributed by atoms with E-state index in [1.54, 1.807) is 0 Å². The van der Waals surface area contributed by atoms with E-state index in [4.69, 9.17) is 25.7 Å². The zero-order valence-electron chi connectivity index (χ0n) is 23.2. The van der Waals surface area contributed by atoms with Crippen LogP contribution in [0.15, 0.2) is 12.7 Å². The number of hydrogen-bond donors (Lipinski definition) is 4. The van der Waals surface area contributed by atoms with Gasteiger partial charge in [0.05, 0.1) is 12.6 Å². The van der Waals surface area contributed by atoms with Crippen molar-refractivity contribution in [3.63, 3.8) is 0 Å². The minimum Gasteiger partial charge on any atom is -0.428 e. The zero-order chi connectivity index (χ0) is 29.6. The molecule has 4 heterocycles. The van der Waals surface area contributed by atoms with E-state index >= 15 is 0 Å². The van der Waals surface area contributed by atoms with Crippen LogP contribution < -0.4 is 11.5 Å². The number of aromatic nitrogens is 4. The van der Waals surface area contributed by atoms with Gasteiger partial charge in [-0.3, -0.25) is 14.2 Å². The molecular formula is C25H39N6O7S3+. The Morgan fingerprint density at radius 3 is 2.83 bits per heavy atom. The molecule has 6 N–H and O–H groups in total. The lowest BCUT2D eigenvalue weighted by molar-refractivity contribution is -0.168. The predicted octanol–water partition coefficient (Wildman–Crippen LogP) is 1.14. The van der Waals surface area contributed by atoms with Gasteiger partial charge in [0.25, 0.3) is 0 Å². The third-order valence-corrected chi connectivity index (χ3v) is 12.4. The number of ether oxygens (including phenoxy) is 3. The molecule has 41 heavy (non-hydrogen) atoms. The normalized spacial score (nSPS) is 27.6. The number of aliphatic hydroxyl groups is 2. The van der Waals surface area contributed by atoms with Crippen LogP contribution in [-0.2, 0) is 34.7 Å². The summed E-state index contributed by atoms with van der Waals surface area (Å²) < 4.78 is 17.9. The average molecular weight is 632 g/mol. The van der Waals surface area contributed by atoms with Crippen molar-refractivity contribution < 1.29 is 34.0 Å². The number of carbonyl (C=O) groups excluding carboxylic acids is 2. The summed E-state index contributed by atoms with van der Waals surface area (Å²) in [6, 6.07) is -0.874. The number of esters is 2. The van der Waals surface area contributed by atoms with Gasteiger partial charge >= 0.3 is 11.9 Å². The number of fused-ring (bicyclic) bond motifs is 1. The maximum atomic E-state index is 12.3. The second kappa shape index (κ2) is 14.6. The second-order valence-electron chi connectivity index (χ2n) is 10.6. The first-order valence-corrected chi connectivity index (χ1v) is 17.8. The average Bonchev–Trinajstić information content (AvgIpc) is 3.64. The quantitative estimate of drug-likeness (QED) is 0.0761. The van der Waals surface area contributed by atoms with Crippen LogP contribution in [0.1, 0.15) is 51.7 Å². The topological polar surface area (TPSA) is 198 Å². The Bertz CT molecular complexity index is 1180. The Labute approximate surface area is 249 Å². The summed E-state index contributed by atoms with van der Waals surface area (Å²) >= 11 is 0. The molecule has 2 aliphatic rings. The lowest BCUT2D eigenvalue weighted by Gasteiger charge is -2.20. The molecule has 13 nitrogen and oxygen atoms in total. The minimum absolute atomic E-state index is 0.208. The van der Waals surface area contributed by atoms with Crippen LogP contribution in [0.5, 0.6) is 0 Å². The highest BCUT2D eigenvalue weighted by Gasteiger charge is 2.46. The van der Waals surface area contributed by atoms with Crippen molar-refractivity contribution in [3.8, 4) is 0 Å². The molecule has 0 saturated carbocycles. The van der Waals surface area contributed by atoms with Crippen LogP contribution in [0.3, 0.4) is 0 Å². The standard InChI is InChI=1S/C25H39N6O7S3/c1-25(8-9-39-40-25)7-4-3-5-17(32)36-14-37-24(35)15(26)6-10-41(2)11-16-19(33)20(34)23(38-16)31-13-30-18-21(27)28-12-29-22(18)31/h12-13,15-16,19-20,23,33-34H,3-11,14,26H2,1-2H3,(H2,27,28,29)/q+1/t15-,16+,19+,20+,23+,25+,41?/m0/s1. The molecule has 16 heteroatoms. The molecular weight excluding hydrogens is 593 g/mol. The largest absolute Gasteiger partial charge is 0.428 e. The van der Waals surface area contributed by atoms with Crippen LogP contribution in [0.25, 0.3) is 11.2 Å². The summed E-state index contributed by atoms with van der Waals surface area (Å²) in [4.78, 5) is 36.5. The Morgan fingerprint density at radius 1 is 1.27 bits per heavy atom. The molecule has 0 radical (unpaired) electrons. The van der Waals surface area contributed by atoms with Crippen molar-refractivity contribution in [2.24, 2.45) is 5.73 Å². The van der Waals surface area contributed by atoms with E-state index in [9.17, 15) is 19.8 Å². The molecule has 0 amide bonds. The van der Waals surface area contributed by atoms with Gasteiger partial charge in [-0.25, -0.2) is 15.0 Å². The molecule has 2 fully saturated rings. The van der Waals surface area contributed by atoms with Gasteiger partial charge in [0, 0.05) is 23.3 Å². The van der Waals surface area contributed by atoms with E-state index in [-0.39, 0.29) is 16.7 Å². The number of hydrogen-bond acceptors (Lipinski definition) is 14. The number of carbonyl (C=O) groups is 2. The number of nitrogens with zero attached hydrogens (tertiary/aromatic N) is 4. The van der Waals surface area contributed by atoms with Gasteiger partial charge in [0.2, 0.25) is 6.79 Å². The van der Waals surface area contributed by atoms with E-state index in [1.807, 2.05) is 27.8 Å². The summed E-state index contributed by atoms with van der Waals surface area (Å²) in [5, 5.41) is 21.3. The molecule has 4 rings (SSSR count). The van der Waals surface area contributed by atoms with E-state index in [0.717, 1.165) is 19.3 Å².